The first-order valence-corrected chi connectivity index (χ1v) is 9.95. The first-order valence-electron chi connectivity index (χ1n) is 9.95. The number of hydrogen-bond donors (Lipinski definition) is 2. The van der Waals surface area contributed by atoms with Gasteiger partial charge in [-0.1, -0.05) is 6.07 Å². The van der Waals surface area contributed by atoms with E-state index in [0.29, 0.717) is 5.56 Å². The molecule has 0 spiro atoms. The molecular weight excluding hydrogens is 417 g/mol. The molecule has 3 unspecified atom stereocenters. The van der Waals surface area contributed by atoms with Gasteiger partial charge in [0.2, 0.25) is 11.8 Å². The van der Waals surface area contributed by atoms with Crippen molar-refractivity contribution in [1.29, 1.82) is 0 Å². The highest BCUT2D eigenvalue weighted by Crippen LogP contribution is 2.34. The van der Waals surface area contributed by atoms with Gasteiger partial charge in [0.05, 0.1) is 17.0 Å². The molecule has 4 rings (SSSR count). The number of imide groups is 2. The summed E-state index contributed by atoms with van der Waals surface area (Å²) in [5.41, 5.74) is 6.69. The molecule has 4 amide bonds. The second-order valence-corrected chi connectivity index (χ2v) is 8.16. The van der Waals surface area contributed by atoms with Crippen molar-refractivity contribution in [2.45, 2.75) is 44.1 Å². The van der Waals surface area contributed by atoms with Crippen molar-refractivity contribution < 1.29 is 32.3 Å². The van der Waals surface area contributed by atoms with Crippen LogP contribution in [0.15, 0.2) is 18.2 Å². The topological polar surface area (TPSA) is 113 Å². The Morgan fingerprint density at radius 2 is 1.77 bits per heavy atom. The van der Waals surface area contributed by atoms with Gasteiger partial charge in [0.1, 0.15) is 6.04 Å². The molecule has 2 saturated heterocycles. The summed E-state index contributed by atoms with van der Waals surface area (Å²) in [6.07, 6.45) is -4.33. The monoisotopic (exact) mass is 438 g/mol. The highest BCUT2D eigenvalue weighted by atomic mass is 19.4. The molecule has 3 heterocycles. The fraction of sp³-hybridized carbons (Fsp3) is 0.500. The molecule has 3 aliphatic rings. The van der Waals surface area contributed by atoms with E-state index in [9.17, 15) is 32.3 Å². The maximum Gasteiger partial charge on any atom is 0.393 e. The van der Waals surface area contributed by atoms with Gasteiger partial charge in [0.25, 0.3) is 11.8 Å². The predicted octanol–water partition coefficient (Wildman–Crippen LogP) is 0.799. The predicted molar refractivity (Wildman–Crippen MR) is 101 cm³/mol. The molecule has 1 aromatic rings. The lowest BCUT2D eigenvalue weighted by molar-refractivity contribution is -0.189. The van der Waals surface area contributed by atoms with Gasteiger partial charge in [-0.25, -0.2) is 0 Å². The number of nitrogens with two attached hydrogens (primary N) is 1. The first kappa shape index (κ1) is 21.4. The Hall–Kier alpha value is -2.79. The van der Waals surface area contributed by atoms with Crippen LogP contribution in [-0.4, -0.2) is 64.8 Å². The van der Waals surface area contributed by atoms with Gasteiger partial charge in [0.15, 0.2) is 0 Å². The number of fused-ring (bicyclic) bond motifs is 1. The van der Waals surface area contributed by atoms with Crippen LogP contribution in [0.4, 0.5) is 13.2 Å². The fourth-order valence-electron chi connectivity index (χ4n) is 4.48. The van der Waals surface area contributed by atoms with Crippen LogP contribution in [0.3, 0.4) is 0 Å². The van der Waals surface area contributed by atoms with E-state index in [2.05, 4.69) is 5.32 Å². The van der Waals surface area contributed by atoms with Crippen molar-refractivity contribution in [2.24, 2.45) is 11.7 Å². The smallest absolute Gasteiger partial charge is 0.326 e. The average molecular weight is 438 g/mol. The van der Waals surface area contributed by atoms with Crippen LogP contribution >= 0.6 is 0 Å². The van der Waals surface area contributed by atoms with Crippen LogP contribution < -0.4 is 11.1 Å². The maximum atomic E-state index is 13.0. The van der Waals surface area contributed by atoms with E-state index in [1.165, 1.54) is 12.1 Å². The Balaban J connectivity index is 1.48. The lowest BCUT2D eigenvalue weighted by atomic mass is 9.91. The molecule has 3 aliphatic heterocycles. The highest BCUT2D eigenvalue weighted by molar-refractivity contribution is 6.23. The second-order valence-electron chi connectivity index (χ2n) is 8.16. The van der Waals surface area contributed by atoms with Crippen molar-refractivity contribution in [1.82, 2.24) is 15.1 Å². The Kier molecular flexibility index (Phi) is 5.34. The number of carbonyl (C=O) groups excluding carboxylic acids is 4. The SMILES string of the molecule is NC1CN(Cc2ccc3c(c2)C(=O)N(C2CCC(=O)NC2=O)C3=O)CCC1C(F)(F)F. The molecule has 3 atom stereocenters. The van der Waals surface area contributed by atoms with Gasteiger partial charge >= 0.3 is 6.18 Å². The van der Waals surface area contributed by atoms with Gasteiger partial charge in [-0.3, -0.25) is 34.3 Å². The number of likely N-dealkylation sites (tertiary alicyclic amines) is 1. The number of amides is 4. The highest BCUT2D eigenvalue weighted by Gasteiger charge is 2.46. The summed E-state index contributed by atoms with van der Waals surface area (Å²) in [6.45, 7) is 0.562. The number of rotatable bonds is 3. The van der Waals surface area contributed by atoms with Crippen molar-refractivity contribution in [3.63, 3.8) is 0 Å². The summed E-state index contributed by atoms with van der Waals surface area (Å²) in [5, 5.41) is 2.14. The molecular formula is C20H21F3N4O4. The summed E-state index contributed by atoms with van der Waals surface area (Å²) in [5.74, 6) is -3.90. The Labute approximate surface area is 175 Å². The number of carbonyl (C=O) groups is 4. The van der Waals surface area contributed by atoms with Gasteiger partial charge in [-0.15, -0.1) is 0 Å². The summed E-state index contributed by atoms with van der Waals surface area (Å²) in [6, 6.07) is 2.57. The summed E-state index contributed by atoms with van der Waals surface area (Å²) >= 11 is 0. The molecule has 3 N–H and O–H groups in total. The molecule has 2 fully saturated rings. The molecule has 0 bridgehead atoms. The molecule has 31 heavy (non-hydrogen) atoms. The molecule has 0 aromatic heterocycles. The zero-order chi connectivity index (χ0) is 22.5. The average Bonchev–Trinajstić information content (AvgIpc) is 2.91. The standard InChI is InChI=1S/C20H21F3N4O4/c21-20(22,23)13-5-6-26(9-14(13)24)8-10-1-2-11-12(7-10)19(31)27(18(11)30)15-3-4-16(28)25-17(15)29/h1-2,7,13-15H,3-6,8-9,24H2,(H,25,28,29). The number of nitrogens with one attached hydrogen (secondary N) is 1. The minimum absolute atomic E-state index is 0.0309. The molecule has 1 aromatic carbocycles. The first-order chi connectivity index (χ1) is 14.6. The van der Waals surface area contributed by atoms with Crippen LogP contribution in [0.25, 0.3) is 0 Å². The van der Waals surface area contributed by atoms with Crippen LogP contribution in [0.2, 0.25) is 0 Å². The van der Waals surface area contributed by atoms with E-state index in [4.69, 9.17) is 5.73 Å². The summed E-state index contributed by atoms with van der Waals surface area (Å²) < 4.78 is 39.0. The van der Waals surface area contributed by atoms with E-state index < -0.39 is 47.8 Å². The van der Waals surface area contributed by atoms with E-state index in [1.54, 1.807) is 11.0 Å². The minimum Gasteiger partial charge on any atom is -0.326 e. The van der Waals surface area contributed by atoms with E-state index in [1.807, 2.05) is 0 Å². The van der Waals surface area contributed by atoms with E-state index >= 15 is 0 Å². The second kappa shape index (κ2) is 7.72. The fourth-order valence-corrected chi connectivity index (χ4v) is 4.48. The van der Waals surface area contributed by atoms with Gasteiger partial charge in [0, 0.05) is 25.6 Å². The van der Waals surface area contributed by atoms with E-state index in [-0.39, 0.29) is 50.0 Å². The molecule has 0 aliphatic carbocycles. The van der Waals surface area contributed by atoms with Crippen LogP contribution in [-0.2, 0) is 16.1 Å². The number of piperidine rings is 2. The molecule has 11 heteroatoms. The third-order valence-electron chi connectivity index (χ3n) is 6.07. The molecule has 8 nitrogen and oxygen atoms in total. The number of hydrogen-bond acceptors (Lipinski definition) is 6. The zero-order valence-electron chi connectivity index (χ0n) is 16.4. The van der Waals surface area contributed by atoms with Gasteiger partial charge in [-0.05, 0) is 37.1 Å². The maximum absolute atomic E-state index is 13.0. The van der Waals surface area contributed by atoms with Crippen molar-refractivity contribution in [2.75, 3.05) is 13.1 Å². The normalized spacial score (nSPS) is 27.5. The quantitative estimate of drug-likeness (QED) is 0.675. The third-order valence-corrected chi connectivity index (χ3v) is 6.07. The number of nitrogens with zero attached hydrogens (tertiary/aromatic N) is 2. The Morgan fingerprint density at radius 1 is 1.06 bits per heavy atom. The minimum atomic E-state index is -4.33. The van der Waals surface area contributed by atoms with Crippen molar-refractivity contribution in [3.8, 4) is 0 Å². The summed E-state index contributed by atoms with van der Waals surface area (Å²) in [7, 11) is 0. The van der Waals surface area contributed by atoms with Gasteiger partial charge in [-0.2, -0.15) is 13.2 Å². The Morgan fingerprint density at radius 3 is 2.42 bits per heavy atom. The number of halogens is 3. The van der Waals surface area contributed by atoms with Crippen LogP contribution in [0, 0.1) is 5.92 Å². The van der Waals surface area contributed by atoms with Crippen LogP contribution in [0.5, 0.6) is 0 Å². The largest absolute Gasteiger partial charge is 0.393 e. The van der Waals surface area contributed by atoms with Gasteiger partial charge < -0.3 is 5.73 Å². The number of benzene rings is 1. The molecule has 0 radical (unpaired) electrons. The summed E-state index contributed by atoms with van der Waals surface area (Å²) in [4.78, 5) is 51.7. The lowest BCUT2D eigenvalue weighted by Crippen LogP contribution is -2.54. The van der Waals surface area contributed by atoms with Crippen LogP contribution in [0.1, 0.15) is 45.5 Å². The molecule has 166 valence electrons. The lowest BCUT2D eigenvalue weighted by Gasteiger charge is -2.37. The van der Waals surface area contributed by atoms with Crippen molar-refractivity contribution in [3.05, 3.63) is 34.9 Å². The zero-order valence-corrected chi connectivity index (χ0v) is 16.4. The number of alkyl halides is 3. The third kappa shape index (κ3) is 3.94. The molecule has 0 saturated carbocycles. The Bertz CT molecular complexity index is 964. The van der Waals surface area contributed by atoms with Crippen molar-refractivity contribution >= 4 is 23.6 Å². The van der Waals surface area contributed by atoms with E-state index in [0.717, 1.165) is 4.90 Å².